The number of aromatic nitrogens is 5. The third-order valence-electron chi connectivity index (χ3n) is 5.98. The number of pyridine rings is 1. The summed E-state index contributed by atoms with van der Waals surface area (Å²) in [5.74, 6) is 2.38. The van der Waals surface area contributed by atoms with Crippen LogP contribution in [0, 0.1) is 26.2 Å². The number of carboxylic acid groups (broad SMARTS) is 1. The summed E-state index contributed by atoms with van der Waals surface area (Å²) >= 11 is 0. The minimum absolute atomic E-state index is 0. The molecule has 5 rings (SSSR count). The number of rotatable bonds is 5. The fourth-order valence-corrected chi connectivity index (χ4v) is 4.44. The maximum absolute atomic E-state index is 11.6. The van der Waals surface area contributed by atoms with Gasteiger partial charge in [-0.25, -0.2) is 14.6 Å². The predicted molar refractivity (Wildman–Crippen MR) is 129 cm³/mol. The molecule has 3 aromatic heterocycles. The summed E-state index contributed by atoms with van der Waals surface area (Å²) in [4.78, 5) is 21.2. The van der Waals surface area contributed by atoms with Gasteiger partial charge in [-0.2, -0.15) is 5.10 Å². The molecule has 0 aliphatic carbocycles. The first-order valence-electron chi connectivity index (χ1n) is 11.0. The average Bonchev–Trinajstić information content (AvgIpc) is 3.37. The smallest absolute Gasteiger partial charge is 0.545 e. The number of hydrogen-bond donors (Lipinski definition) is 0. The van der Waals surface area contributed by atoms with Gasteiger partial charge in [0.25, 0.3) is 0 Å². The standard InChI is InChI=1S/C27H23N5O2.Na/c1-5-22-20-14-18(15-31-24(6-2)29-25-16(3)13-17(4)28-26(25)31)11-12-21(20)30-32(22)23-10-8-7-9-19(23)27(33)34;/h1,7-14H,6,15H2,2-4H3,(H,33,34);/q;+1/p-1. The Labute approximate surface area is 225 Å². The van der Waals surface area contributed by atoms with Crippen LogP contribution in [0.1, 0.15) is 45.6 Å². The Kier molecular flexibility index (Phi) is 6.82. The first-order valence-corrected chi connectivity index (χ1v) is 11.0. The van der Waals surface area contributed by atoms with Crippen molar-refractivity contribution >= 4 is 28.0 Å². The normalized spacial score (nSPS) is 10.9. The van der Waals surface area contributed by atoms with Gasteiger partial charge in [0.05, 0.1) is 23.7 Å². The molecular formula is C27H22N5NaO2. The molecule has 0 amide bonds. The number of aromatic carboxylic acids is 1. The number of benzene rings is 2. The Morgan fingerprint density at radius 1 is 1.11 bits per heavy atom. The van der Waals surface area contributed by atoms with Crippen LogP contribution in [0.5, 0.6) is 0 Å². The van der Waals surface area contributed by atoms with Crippen LogP contribution >= 0.6 is 0 Å². The van der Waals surface area contributed by atoms with Crippen molar-refractivity contribution in [2.75, 3.05) is 0 Å². The molecule has 0 unspecified atom stereocenters. The molecule has 0 saturated carbocycles. The van der Waals surface area contributed by atoms with Crippen molar-refractivity contribution in [2.45, 2.75) is 33.7 Å². The number of carbonyl (C=O) groups is 1. The molecule has 5 aromatic rings. The van der Waals surface area contributed by atoms with Crippen LogP contribution in [-0.4, -0.2) is 30.3 Å². The fourth-order valence-electron chi connectivity index (χ4n) is 4.44. The van der Waals surface area contributed by atoms with E-state index < -0.39 is 5.97 Å². The van der Waals surface area contributed by atoms with Gasteiger partial charge in [-0.15, -0.1) is 6.42 Å². The Bertz CT molecular complexity index is 1640. The molecule has 0 N–H and O–H groups in total. The van der Waals surface area contributed by atoms with Crippen molar-refractivity contribution in [1.82, 2.24) is 24.3 Å². The first kappa shape index (κ1) is 24.7. The van der Waals surface area contributed by atoms with Crippen molar-refractivity contribution in [1.29, 1.82) is 0 Å². The summed E-state index contributed by atoms with van der Waals surface area (Å²) in [7, 11) is 0. The molecule has 0 bridgehead atoms. The third kappa shape index (κ3) is 4.25. The van der Waals surface area contributed by atoms with E-state index in [9.17, 15) is 9.90 Å². The summed E-state index contributed by atoms with van der Waals surface area (Å²) in [5.41, 5.74) is 6.43. The molecule has 7 nitrogen and oxygen atoms in total. The predicted octanol–water partition coefficient (Wildman–Crippen LogP) is 0.347. The molecule has 0 radical (unpaired) electrons. The molecule has 0 fully saturated rings. The minimum Gasteiger partial charge on any atom is -0.545 e. The SMILES string of the molecule is C#Cc1c2cc(Cn3c(CC)nc4c(C)cc(C)nc43)ccc2nn1-c1ccccc1C(=O)[O-].[Na+]. The molecule has 8 heteroatoms. The number of aryl methyl sites for hydroxylation is 3. The number of hydrogen-bond acceptors (Lipinski definition) is 5. The fraction of sp³-hybridized carbons (Fsp3) is 0.185. The van der Waals surface area contributed by atoms with Crippen molar-refractivity contribution in [2.24, 2.45) is 0 Å². The minimum atomic E-state index is -1.28. The number of terminal acetylenes is 1. The number of nitrogens with zero attached hydrogens (tertiary/aromatic N) is 5. The van der Waals surface area contributed by atoms with Crippen LogP contribution in [0.3, 0.4) is 0 Å². The molecule has 168 valence electrons. The monoisotopic (exact) mass is 471 g/mol. The molecule has 0 spiro atoms. The van der Waals surface area contributed by atoms with Gasteiger partial charge in [-0.3, -0.25) is 0 Å². The zero-order chi connectivity index (χ0) is 24.0. The van der Waals surface area contributed by atoms with Gasteiger partial charge in [0.2, 0.25) is 0 Å². The van der Waals surface area contributed by atoms with Crippen molar-refractivity contribution in [3.63, 3.8) is 0 Å². The molecule has 3 heterocycles. The van der Waals surface area contributed by atoms with E-state index in [1.807, 2.05) is 31.2 Å². The third-order valence-corrected chi connectivity index (χ3v) is 5.98. The van der Waals surface area contributed by atoms with Crippen LogP contribution in [0.2, 0.25) is 0 Å². The second kappa shape index (κ2) is 9.67. The van der Waals surface area contributed by atoms with Gasteiger partial charge in [0.15, 0.2) is 5.65 Å². The Morgan fingerprint density at radius 3 is 2.60 bits per heavy atom. The summed E-state index contributed by atoms with van der Waals surface area (Å²) in [6, 6.07) is 14.5. The van der Waals surface area contributed by atoms with Crippen LogP contribution in [0.4, 0.5) is 0 Å². The molecule has 0 aliphatic heterocycles. The maximum atomic E-state index is 11.6. The largest absolute Gasteiger partial charge is 1.00 e. The van der Waals surface area contributed by atoms with Crippen LogP contribution in [-0.2, 0) is 13.0 Å². The zero-order valence-electron chi connectivity index (χ0n) is 20.2. The number of carboxylic acids is 1. The van der Waals surface area contributed by atoms with E-state index in [-0.39, 0.29) is 35.1 Å². The second-order valence-electron chi connectivity index (χ2n) is 8.28. The Hall–Kier alpha value is -3.44. The quantitative estimate of drug-likeness (QED) is 0.273. The number of imidazole rings is 1. The number of carbonyl (C=O) groups excluding carboxylic acids is 1. The van der Waals surface area contributed by atoms with E-state index in [1.54, 1.807) is 18.2 Å². The van der Waals surface area contributed by atoms with E-state index in [4.69, 9.17) is 16.4 Å². The van der Waals surface area contributed by atoms with Gasteiger partial charge in [0, 0.05) is 23.1 Å². The van der Waals surface area contributed by atoms with E-state index >= 15 is 0 Å². The van der Waals surface area contributed by atoms with Crippen molar-refractivity contribution < 1.29 is 39.5 Å². The summed E-state index contributed by atoms with van der Waals surface area (Å²) in [5, 5.41) is 17.0. The molecular weight excluding hydrogens is 449 g/mol. The average molecular weight is 471 g/mol. The van der Waals surface area contributed by atoms with Gasteiger partial charge in [-0.1, -0.05) is 31.2 Å². The topological polar surface area (TPSA) is 88.7 Å². The van der Waals surface area contributed by atoms with Gasteiger partial charge in [0.1, 0.15) is 17.0 Å². The summed E-state index contributed by atoms with van der Waals surface area (Å²) < 4.78 is 3.64. The van der Waals surface area contributed by atoms with Crippen molar-refractivity contribution in [3.8, 4) is 18.0 Å². The van der Waals surface area contributed by atoms with Crippen molar-refractivity contribution in [3.05, 3.63) is 82.4 Å². The van der Waals surface area contributed by atoms with Crippen LogP contribution in [0.15, 0.2) is 48.5 Å². The second-order valence-corrected chi connectivity index (χ2v) is 8.28. The number of para-hydroxylation sites is 1. The van der Waals surface area contributed by atoms with Crippen LogP contribution in [0.25, 0.3) is 27.8 Å². The summed E-state index contributed by atoms with van der Waals surface area (Å²) in [6.07, 6.45) is 6.65. The molecule has 0 atom stereocenters. The van der Waals surface area contributed by atoms with E-state index in [0.29, 0.717) is 23.4 Å². The van der Waals surface area contributed by atoms with Gasteiger partial charge < -0.3 is 14.5 Å². The Balaban J connectivity index is 0.00000289. The Morgan fingerprint density at radius 2 is 1.89 bits per heavy atom. The van der Waals surface area contributed by atoms with Crippen LogP contribution < -0.4 is 34.7 Å². The van der Waals surface area contributed by atoms with E-state index in [1.165, 1.54) is 10.7 Å². The summed E-state index contributed by atoms with van der Waals surface area (Å²) in [6.45, 7) is 6.70. The van der Waals surface area contributed by atoms with Gasteiger partial charge in [-0.05, 0) is 55.2 Å². The first-order chi connectivity index (χ1) is 16.4. The van der Waals surface area contributed by atoms with E-state index in [0.717, 1.165) is 45.6 Å². The molecule has 35 heavy (non-hydrogen) atoms. The molecule has 0 aliphatic rings. The molecule has 0 saturated heterocycles. The zero-order valence-corrected chi connectivity index (χ0v) is 22.2. The van der Waals surface area contributed by atoms with E-state index in [2.05, 4.69) is 29.4 Å². The maximum Gasteiger partial charge on any atom is 1.00 e. The number of fused-ring (bicyclic) bond motifs is 2. The molecule has 2 aromatic carbocycles. The van der Waals surface area contributed by atoms with Gasteiger partial charge >= 0.3 is 29.6 Å².